The molecular weight excluding hydrogens is 562 g/mol. The van der Waals surface area contributed by atoms with Gasteiger partial charge in [0, 0.05) is 42.4 Å². The average molecular weight is 602 g/mol. The lowest BCUT2D eigenvalue weighted by Crippen LogP contribution is -2.54. The first-order valence-electron chi connectivity index (χ1n) is 15.1. The van der Waals surface area contributed by atoms with Gasteiger partial charge in [0.15, 0.2) is 0 Å². The van der Waals surface area contributed by atoms with Crippen LogP contribution < -0.4 is 14.5 Å². The predicted molar refractivity (Wildman–Crippen MR) is 169 cm³/mol. The largest absolute Gasteiger partial charge is 0.494 e. The van der Waals surface area contributed by atoms with Crippen molar-refractivity contribution in [2.45, 2.75) is 49.7 Å². The van der Waals surface area contributed by atoms with Crippen molar-refractivity contribution in [3.05, 3.63) is 77.9 Å². The van der Waals surface area contributed by atoms with E-state index < -0.39 is 27.4 Å². The number of anilines is 2. The number of nitrogens with zero attached hydrogens (tertiary/aromatic N) is 3. The van der Waals surface area contributed by atoms with Crippen molar-refractivity contribution >= 4 is 40.9 Å². The third kappa shape index (κ3) is 4.59. The lowest BCUT2D eigenvalue weighted by molar-refractivity contribution is -0.139. The van der Waals surface area contributed by atoms with E-state index in [0.717, 1.165) is 28.3 Å². The molecule has 3 amide bonds. The van der Waals surface area contributed by atoms with Crippen molar-refractivity contribution in [1.29, 1.82) is 0 Å². The number of amides is 3. The fourth-order valence-electron chi connectivity index (χ4n) is 7.56. The van der Waals surface area contributed by atoms with Crippen LogP contribution in [-0.2, 0) is 14.4 Å². The van der Waals surface area contributed by atoms with Crippen LogP contribution in [0.25, 0.3) is 0 Å². The maximum atomic E-state index is 14.7. The molecule has 0 radical (unpaired) electrons. The number of rotatable bonds is 7. The Kier molecular flexibility index (Phi) is 7.67. The van der Waals surface area contributed by atoms with Crippen LogP contribution >= 0.6 is 11.8 Å². The van der Waals surface area contributed by atoms with Gasteiger partial charge in [-0.05, 0) is 69.5 Å². The number of hydrogen-bond acceptors (Lipinski definition) is 6. The maximum absolute atomic E-state index is 14.7. The number of ether oxygens (including phenoxy) is 1. The second-order valence-electron chi connectivity index (χ2n) is 12.0. The molecule has 0 aromatic heterocycles. The Morgan fingerprint density at radius 3 is 2.26 bits per heavy atom. The minimum absolute atomic E-state index is 0.0969. The van der Waals surface area contributed by atoms with Gasteiger partial charge in [0.05, 0.1) is 23.2 Å². The van der Waals surface area contributed by atoms with Crippen molar-refractivity contribution < 1.29 is 24.2 Å². The molecule has 5 atom stereocenters. The van der Waals surface area contributed by atoms with Crippen LogP contribution in [0.1, 0.15) is 31.4 Å². The summed E-state index contributed by atoms with van der Waals surface area (Å²) >= 11 is 1.57. The maximum Gasteiger partial charge on any atom is 0.251 e. The minimum Gasteiger partial charge on any atom is -0.494 e. The third-order valence-corrected chi connectivity index (χ3v) is 11.1. The van der Waals surface area contributed by atoms with Gasteiger partial charge in [-0.2, -0.15) is 0 Å². The summed E-state index contributed by atoms with van der Waals surface area (Å²) in [6, 6.07) is 12.6. The van der Waals surface area contributed by atoms with Gasteiger partial charge in [-0.1, -0.05) is 42.5 Å². The number of benzene rings is 2. The summed E-state index contributed by atoms with van der Waals surface area (Å²) in [5, 5.41) is 9.72. The van der Waals surface area contributed by atoms with Gasteiger partial charge < -0.3 is 24.5 Å². The van der Waals surface area contributed by atoms with Crippen molar-refractivity contribution in [1.82, 2.24) is 4.90 Å². The smallest absolute Gasteiger partial charge is 0.251 e. The summed E-state index contributed by atoms with van der Waals surface area (Å²) in [6.07, 6.45) is 8.46. The molecule has 4 aliphatic rings. The van der Waals surface area contributed by atoms with Crippen LogP contribution in [0.2, 0.25) is 0 Å². The molecule has 1 spiro atoms. The van der Waals surface area contributed by atoms with E-state index in [1.807, 2.05) is 88.4 Å². The number of para-hydroxylation sites is 1. The molecule has 6 rings (SSSR count). The highest BCUT2D eigenvalue weighted by Crippen LogP contribution is 2.65. The van der Waals surface area contributed by atoms with Gasteiger partial charge in [-0.25, -0.2) is 0 Å². The SMILES string of the molecule is CCOc1ccc(N2CC=C[C@]3(C)S[C@]45C=CCN(c6c(C)cccc6C)C(=O)C4N(CCCO)C(=O)[C@@H]5[C@@H]3C2=O)cc1. The van der Waals surface area contributed by atoms with E-state index in [-0.39, 0.29) is 30.9 Å². The van der Waals surface area contributed by atoms with Crippen LogP contribution in [0.5, 0.6) is 5.75 Å². The van der Waals surface area contributed by atoms with Crippen LogP contribution in [-0.4, -0.2) is 76.1 Å². The molecule has 1 unspecified atom stereocenters. The number of aryl methyl sites for hydroxylation is 2. The lowest BCUT2D eigenvalue weighted by Gasteiger charge is -2.37. The summed E-state index contributed by atoms with van der Waals surface area (Å²) in [7, 11) is 0. The zero-order valence-electron chi connectivity index (χ0n) is 25.2. The molecule has 1 N–H and O–H groups in total. The molecule has 4 aliphatic heterocycles. The first-order chi connectivity index (χ1) is 20.7. The fourth-order valence-corrected chi connectivity index (χ4v) is 9.71. The van der Waals surface area contributed by atoms with Gasteiger partial charge >= 0.3 is 0 Å². The number of hydrogen-bond donors (Lipinski definition) is 1. The standard InChI is InChI=1S/C34H39N3O5S/c1-5-42-25-14-12-24(13-15-25)35-18-7-16-33(4)26(30(35)39)27-31(40)37(20-9-21-38)29-32(41)36(19-8-17-34(27,29)43-33)28-22(2)10-6-11-23(28)3/h6-8,10-17,26-27,29,38H,5,9,18-21H2,1-4H3/t26-,27+,29?,33+,34+/m1/s1. The molecule has 0 bridgehead atoms. The van der Waals surface area contributed by atoms with Crippen molar-refractivity contribution in [2.24, 2.45) is 11.8 Å². The lowest BCUT2D eigenvalue weighted by atomic mass is 9.74. The quantitative estimate of drug-likeness (QED) is 0.477. The predicted octanol–water partition coefficient (Wildman–Crippen LogP) is 4.28. The van der Waals surface area contributed by atoms with Crippen molar-refractivity contribution in [3.8, 4) is 5.75 Å². The second-order valence-corrected chi connectivity index (χ2v) is 13.8. The molecule has 226 valence electrons. The molecule has 9 heteroatoms. The Morgan fingerprint density at radius 2 is 1.58 bits per heavy atom. The first kappa shape index (κ1) is 29.5. The minimum atomic E-state index is -0.934. The summed E-state index contributed by atoms with van der Waals surface area (Å²) in [5.41, 5.74) is 3.57. The molecule has 2 fully saturated rings. The second kappa shape index (κ2) is 11.2. The van der Waals surface area contributed by atoms with Gasteiger partial charge in [0.25, 0.3) is 5.91 Å². The number of aliphatic hydroxyl groups is 1. The van der Waals surface area contributed by atoms with Crippen LogP contribution in [0, 0.1) is 25.7 Å². The number of likely N-dealkylation sites (tertiary alicyclic amines) is 1. The Morgan fingerprint density at radius 1 is 0.907 bits per heavy atom. The summed E-state index contributed by atoms with van der Waals surface area (Å²) in [4.78, 5) is 49.0. The van der Waals surface area contributed by atoms with Gasteiger partial charge in [0.2, 0.25) is 11.8 Å². The summed E-state index contributed by atoms with van der Waals surface area (Å²) in [5.74, 6) is -1.15. The van der Waals surface area contributed by atoms with Gasteiger partial charge in [-0.3, -0.25) is 14.4 Å². The fraction of sp³-hybridized carbons (Fsp3) is 0.441. The normalized spacial score (nSPS) is 29.8. The summed E-state index contributed by atoms with van der Waals surface area (Å²) in [6.45, 7) is 9.41. The molecule has 0 aliphatic carbocycles. The molecule has 2 saturated heterocycles. The van der Waals surface area contributed by atoms with E-state index in [1.54, 1.807) is 26.5 Å². The number of fused-ring (bicyclic) bond motifs is 2. The number of carbonyl (C=O) groups is 3. The summed E-state index contributed by atoms with van der Waals surface area (Å²) < 4.78 is 3.97. The molecule has 43 heavy (non-hydrogen) atoms. The van der Waals surface area contributed by atoms with Gasteiger partial charge in [0.1, 0.15) is 11.8 Å². The Hall–Kier alpha value is -3.56. The van der Waals surface area contributed by atoms with Gasteiger partial charge in [-0.15, -0.1) is 11.8 Å². The van der Waals surface area contributed by atoms with Crippen LogP contribution in [0.3, 0.4) is 0 Å². The number of aliphatic hydroxyl groups excluding tert-OH is 1. The van der Waals surface area contributed by atoms with E-state index in [0.29, 0.717) is 26.1 Å². The molecular formula is C34H39N3O5S. The van der Waals surface area contributed by atoms with Crippen LogP contribution in [0.4, 0.5) is 11.4 Å². The van der Waals surface area contributed by atoms with E-state index in [9.17, 15) is 19.5 Å². The molecule has 4 heterocycles. The van der Waals surface area contributed by atoms with E-state index in [4.69, 9.17) is 4.74 Å². The highest BCUT2D eigenvalue weighted by atomic mass is 32.2. The molecule has 0 saturated carbocycles. The van der Waals surface area contributed by atoms with Crippen molar-refractivity contribution in [2.75, 3.05) is 42.6 Å². The van der Waals surface area contributed by atoms with Crippen LogP contribution in [0.15, 0.2) is 66.8 Å². The van der Waals surface area contributed by atoms with Crippen molar-refractivity contribution in [3.63, 3.8) is 0 Å². The zero-order chi connectivity index (χ0) is 30.5. The van der Waals surface area contributed by atoms with E-state index in [1.165, 1.54) is 0 Å². The van der Waals surface area contributed by atoms with E-state index in [2.05, 4.69) is 6.08 Å². The van der Waals surface area contributed by atoms with E-state index >= 15 is 0 Å². The highest BCUT2D eigenvalue weighted by Gasteiger charge is 2.74. The third-order valence-electron chi connectivity index (χ3n) is 9.28. The Labute approximate surface area is 257 Å². The highest BCUT2D eigenvalue weighted by molar-refractivity contribution is 8.02. The molecule has 8 nitrogen and oxygen atoms in total. The Balaban J connectivity index is 1.44. The topological polar surface area (TPSA) is 90.4 Å². The zero-order valence-corrected chi connectivity index (χ0v) is 26.0. The molecule has 2 aromatic carbocycles. The molecule has 2 aromatic rings. The number of carbonyl (C=O) groups excluding carboxylic acids is 3. The monoisotopic (exact) mass is 601 g/mol. The first-order valence-corrected chi connectivity index (χ1v) is 15.9. The number of thioether (sulfide) groups is 1. The average Bonchev–Trinajstić information content (AvgIpc) is 3.24. The Bertz CT molecular complexity index is 1490.